The Balaban J connectivity index is 2.14. The predicted molar refractivity (Wildman–Crippen MR) is 92.7 cm³/mol. The summed E-state index contributed by atoms with van der Waals surface area (Å²) >= 11 is 0. The molecule has 6 nitrogen and oxygen atoms in total. The molecule has 1 atom stereocenters. The number of hydrogen-bond donors (Lipinski definition) is 1. The molecule has 1 N–H and O–H groups in total. The Morgan fingerprint density at radius 2 is 2.04 bits per heavy atom. The summed E-state index contributed by atoms with van der Waals surface area (Å²) in [6.45, 7) is 7.15. The van der Waals surface area contributed by atoms with Gasteiger partial charge in [0.1, 0.15) is 5.75 Å². The number of ether oxygens (including phenoxy) is 1. The molecule has 1 aromatic carbocycles. The fourth-order valence-electron chi connectivity index (χ4n) is 3.10. The summed E-state index contributed by atoms with van der Waals surface area (Å²) in [5.74, 6) is 0.751. The van der Waals surface area contributed by atoms with Gasteiger partial charge < -0.3 is 15.0 Å². The van der Waals surface area contributed by atoms with Gasteiger partial charge in [-0.2, -0.15) is 0 Å². The molecular formula is C18H27N3O3. The van der Waals surface area contributed by atoms with E-state index in [1.807, 2.05) is 38.1 Å². The average molecular weight is 333 g/mol. The standard InChI is InChI=1S/C18H27N3O3/c1-4-20(5-2)17(22)12-15-18(23)19-10-11-21(15)13-14-8-6-7-9-16(14)24-3/h6-9,15H,4-5,10-13H2,1-3H3,(H,19,23). The van der Waals surface area contributed by atoms with Crippen molar-refractivity contribution in [1.29, 1.82) is 0 Å². The summed E-state index contributed by atoms with van der Waals surface area (Å²) in [7, 11) is 1.64. The van der Waals surface area contributed by atoms with Gasteiger partial charge in [0.25, 0.3) is 0 Å². The largest absolute Gasteiger partial charge is 0.496 e. The maximum absolute atomic E-state index is 12.4. The zero-order valence-electron chi connectivity index (χ0n) is 14.7. The van der Waals surface area contributed by atoms with E-state index in [2.05, 4.69) is 10.2 Å². The van der Waals surface area contributed by atoms with Gasteiger partial charge in [-0.1, -0.05) is 18.2 Å². The molecule has 0 spiro atoms. The molecule has 6 heteroatoms. The number of carbonyl (C=O) groups excluding carboxylic acids is 2. The number of nitrogens with one attached hydrogen (secondary N) is 1. The van der Waals surface area contributed by atoms with Gasteiger partial charge in [-0.25, -0.2) is 0 Å². The van der Waals surface area contributed by atoms with E-state index in [9.17, 15) is 9.59 Å². The summed E-state index contributed by atoms with van der Waals surface area (Å²) in [6.07, 6.45) is 0.211. The maximum Gasteiger partial charge on any atom is 0.237 e. The Bertz CT molecular complexity index is 572. The number of benzene rings is 1. The van der Waals surface area contributed by atoms with Crippen LogP contribution in [-0.4, -0.2) is 60.9 Å². The summed E-state index contributed by atoms with van der Waals surface area (Å²) in [6, 6.07) is 7.35. The zero-order chi connectivity index (χ0) is 17.5. The molecule has 1 heterocycles. The normalized spacial score (nSPS) is 18.1. The number of carbonyl (C=O) groups is 2. The molecule has 1 saturated heterocycles. The second-order valence-electron chi connectivity index (χ2n) is 5.86. The number of rotatable bonds is 7. The van der Waals surface area contributed by atoms with Crippen molar-refractivity contribution in [1.82, 2.24) is 15.1 Å². The number of methoxy groups -OCH3 is 1. The average Bonchev–Trinajstić information content (AvgIpc) is 2.59. The third-order valence-corrected chi connectivity index (χ3v) is 4.49. The molecule has 0 aromatic heterocycles. The lowest BCUT2D eigenvalue weighted by Crippen LogP contribution is -2.56. The fraction of sp³-hybridized carbons (Fsp3) is 0.556. The van der Waals surface area contributed by atoms with E-state index in [0.29, 0.717) is 26.2 Å². The van der Waals surface area contributed by atoms with E-state index in [0.717, 1.165) is 17.9 Å². The molecule has 2 rings (SSSR count). The Labute approximate surface area is 143 Å². The van der Waals surface area contributed by atoms with Crippen LogP contribution in [0, 0.1) is 0 Å². The minimum absolute atomic E-state index is 0.0204. The van der Waals surface area contributed by atoms with Gasteiger partial charge in [-0.05, 0) is 19.9 Å². The molecule has 1 unspecified atom stereocenters. The minimum Gasteiger partial charge on any atom is -0.496 e. The summed E-state index contributed by atoms with van der Waals surface area (Å²) in [4.78, 5) is 28.6. The zero-order valence-corrected chi connectivity index (χ0v) is 14.7. The van der Waals surface area contributed by atoms with Crippen molar-refractivity contribution in [2.75, 3.05) is 33.3 Å². The smallest absolute Gasteiger partial charge is 0.237 e. The number of para-hydroxylation sites is 1. The molecule has 24 heavy (non-hydrogen) atoms. The number of amides is 2. The van der Waals surface area contributed by atoms with Gasteiger partial charge in [0.2, 0.25) is 11.8 Å². The summed E-state index contributed by atoms with van der Waals surface area (Å²) in [5, 5.41) is 2.87. The minimum atomic E-state index is -0.434. The van der Waals surface area contributed by atoms with Crippen LogP contribution < -0.4 is 10.1 Å². The first-order valence-corrected chi connectivity index (χ1v) is 8.52. The van der Waals surface area contributed by atoms with Gasteiger partial charge in [0.15, 0.2) is 0 Å². The van der Waals surface area contributed by atoms with E-state index in [1.165, 1.54) is 0 Å². The summed E-state index contributed by atoms with van der Waals surface area (Å²) < 4.78 is 5.40. The van der Waals surface area contributed by atoms with Gasteiger partial charge >= 0.3 is 0 Å². The molecule has 2 amide bonds. The first-order valence-electron chi connectivity index (χ1n) is 8.52. The monoisotopic (exact) mass is 333 g/mol. The first kappa shape index (κ1) is 18.3. The van der Waals surface area contributed by atoms with Crippen molar-refractivity contribution in [3.8, 4) is 5.75 Å². The third kappa shape index (κ3) is 4.26. The van der Waals surface area contributed by atoms with E-state index in [1.54, 1.807) is 12.0 Å². The highest BCUT2D eigenvalue weighted by Gasteiger charge is 2.32. The van der Waals surface area contributed by atoms with Crippen LogP contribution in [-0.2, 0) is 16.1 Å². The third-order valence-electron chi connectivity index (χ3n) is 4.49. The molecule has 0 aliphatic carbocycles. The summed E-state index contributed by atoms with van der Waals surface area (Å²) in [5.41, 5.74) is 1.02. The highest BCUT2D eigenvalue weighted by molar-refractivity contribution is 5.88. The van der Waals surface area contributed by atoms with Gasteiger partial charge in [-0.3, -0.25) is 14.5 Å². The van der Waals surface area contributed by atoms with Crippen LogP contribution in [0.25, 0.3) is 0 Å². The highest BCUT2D eigenvalue weighted by atomic mass is 16.5. The number of piperazine rings is 1. The van der Waals surface area contributed by atoms with Crippen LogP contribution in [0.4, 0.5) is 0 Å². The molecule has 0 bridgehead atoms. The number of hydrogen-bond acceptors (Lipinski definition) is 4. The van der Waals surface area contributed by atoms with Crippen molar-refractivity contribution >= 4 is 11.8 Å². The topological polar surface area (TPSA) is 61.9 Å². The second kappa shape index (κ2) is 8.68. The molecule has 132 valence electrons. The van der Waals surface area contributed by atoms with Crippen molar-refractivity contribution < 1.29 is 14.3 Å². The van der Waals surface area contributed by atoms with Gasteiger partial charge in [0.05, 0.1) is 19.6 Å². The Morgan fingerprint density at radius 3 is 2.71 bits per heavy atom. The first-order chi connectivity index (χ1) is 11.6. The van der Waals surface area contributed by atoms with Crippen LogP contribution in [0.1, 0.15) is 25.8 Å². The maximum atomic E-state index is 12.4. The van der Waals surface area contributed by atoms with Crippen molar-refractivity contribution in [3.05, 3.63) is 29.8 Å². The quantitative estimate of drug-likeness (QED) is 0.816. The molecule has 0 saturated carbocycles. The SMILES string of the molecule is CCN(CC)C(=O)CC1C(=O)NCCN1Cc1ccccc1OC. The van der Waals surface area contributed by atoms with E-state index in [-0.39, 0.29) is 18.2 Å². The second-order valence-corrected chi connectivity index (χ2v) is 5.86. The Morgan fingerprint density at radius 1 is 1.33 bits per heavy atom. The fourth-order valence-corrected chi connectivity index (χ4v) is 3.10. The lowest BCUT2D eigenvalue weighted by Gasteiger charge is -2.35. The van der Waals surface area contributed by atoms with Crippen molar-refractivity contribution in [3.63, 3.8) is 0 Å². The molecule has 1 aliphatic rings. The Kier molecular flexibility index (Phi) is 6.61. The van der Waals surface area contributed by atoms with Crippen LogP contribution in [0.3, 0.4) is 0 Å². The van der Waals surface area contributed by atoms with Crippen LogP contribution in [0.5, 0.6) is 5.75 Å². The molecule has 1 aliphatic heterocycles. The molecular weight excluding hydrogens is 306 g/mol. The molecule has 1 aromatic rings. The van der Waals surface area contributed by atoms with Crippen molar-refractivity contribution in [2.45, 2.75) is 32.9 Å². The van der Waals surface area contributed by atoms with E-state index < -0.39 is 6.04 Å². The van der Waals surface area contributed by atoms with Gasteiger partial charge in [-0.15, -0.1) is 0 Å². The predicted octanol–water partition coefficient (Wildman–Crippen LogP) is 1.25. The number of nitrogens with zero attached hydrogens (tertiary/aromatic N) is 2. The molecule has 0 radical (unpaired) electrons. The van der Waals surface area contributed by atoms with E-state index in [4.69, 9.17) is 4.74 Å². The van der Waals surface area contributed by atoms with Crippen molar-refractivity contribution in [2.24, 2.45) is 0 Å². The highest BCUT2D eigenvalue weighted by Crippen LogP contribution is 2.22. The van der Waals surface area contributed by atoms with Gasteiger partial charge in [0, 0.05) is 38.3 Å². The Hall–Kier alpha value is -2.08. The lowest BCUT2D eigenvalue weighted by molar-refractivity contribution is -0.138. The molecule has 1 fully saturated rings. The van der Waals surface area contributed by atoms with Crippen LogP contribution in [0.15, 0.2) is 24.3 Å². The van der Waals surface area contributed by atoms with E-state index >= 15 is 0 Å². The van der Waals surface area contributed by atoms with Crippen LogP contribution in [0.2, 0.25) is 0 Å². The lowest BCUT2D eigenvalue weighted by atomic mass is 10.1. The van der Waals surface area contributed by atoms with Crippen LogP contribution >= 0.6 is 0 Å².